The van der Waals surface area contributed by atoms with E-state index in [0.29, 0.717) is 31.1 Å². The minimum atomic E-state index is -3.53. The standard InChI is InChI=1S/C18H28N2O3S/c1-4-5-11-19(3)18(21)16-9-6-10-17(13-16)24(22,23)20-12-7-8-15(2)14-20/h6,9-10,13,15H,4-5,7-8,11-12,14H2,1-3H3. The molecule has 1 aromatic rings. The molecule has 1 unspecified atom stereocenters. The van der Waals surface area contributed by atoms with Gasteiger partial charge in [0.1, 0.15) is 0 Å². The van der Waals surface area contributed by atoms with Crippen molar-refractivity contribution in [2.24, 2.45) is 5.92 Å². The van der Waals surface area contributed by atoms with Crippen LogP contribution >= 0.6 is 0 Å². The lowest BCUT2D eigenvalue weighted by Gasteiger charge is -2.30. The number of piperidine rings is 1. The molecule has 0 saturated carbocycles. The van der Waals surface area contributed by atoms with Crippen molar-refractivity contribution < 1.29 is 13.2 Å². The number of amides is 1. The number of carbonyl (C=O) groups excluding carboxylic acids is 1. The summed E-state index contributed by atoms with van der Waals surface area (Å²) in [4.78, 5) is 14.3. The zero-order chi connectivity index (χ0) is 17.7. The number of nitrogens with zero attached hydrogens (tertiary/aromatic N) is 2. The SMILES string of the molecule is CCCCN(C)C(=O)c1cccc(S(=O)(=O)N2CCCC(C)C2)c1. The van der Waals surface area contributed by atoms with Crippen LogP contribution in [0.25, 0.3) is 0 Å². The van der Waals surface area contributed by atoms with Crippen LogP contribution in [-0.2, 0) is 10.0 Å². The van der Waals surface area contributed by atoms with Gasteiger partial charge < -0.3 is 4.90 Å². The Morgan fingerprint density at radius 2 is 2.12 bits per heavy atom. The molecular weight excluding hydrogens is 324 g/mol. The second-order valence-electron chi connectivity index (χ2n) is 6.72. The molecule has 134 valence electrons. The van der Waals surface area contributed by atoms with Crippen LogP contribution in [0.5, 0.6) is 0 Å². The summed E-state index contributed by atoms with van der Waals surface area (Å²) in [6, 6.07) is 6.43. The predicted molar refractivity (Wildman–Crippen MR) is 95.5 cm³/mol. The van der Waals surface area contributed by atoms with E-state index in [1.165, 1.54) is 6.07 Å². The normalized spacial score (nSPS) is 19.2. The van der Waals surface area contributed by atoms with E-state index < -0.39 is 10.0 Å². The molecule has 0 spiro atoms. The van der Waals surface area contributed by atoms with Crippen molar-refractivity contribution in [2.75, 3.05) is 26.7 Å². The van der Waals surface area contributed by atoms with Gasteiger partial charge in [-0.25, -0.2) is 8.42 Å². The summed E-state index contributed by atoms with van der Waals surface area (Å²) in [6.07, 6.45) is 3.90. The van der Waals surface area contributed by atoms with Crippen LogP contribution in [0, 0.1) is 5.92 Å². The van der Waals surface area contributed by atoms with Crippen LogP contribution in [0.2, 0.25) is 0 Å². The van der Waals surface area contributed by atoms with Crippen molar-refractivity contribution in [3.05, 3.63) is 29.8 Å². The second-order valence-corrected chi connectivity index (χ2v) is 8.66. The van der Waals surface area contributed by atoms with Crippen LogP contribution in [0.1, 0.15) is 49.9 Å². The van der Waals surface area contributed by atoms with Gasteiger partial charge in [-0.2, -0.15) is 4.31 Å². The topological polar surface area (TPSA) is 57.7 Å². The van der Waals surface area contributed by atoms with Gasteiger partial charge in [0.15, 0.2) is 0 Å². The highest BCUT2D eigenvalue weighted by Crippen LogP contribution is 2.24. The van der Waals surface area contributed by atoms with Crippen molar-refractivity contribution in [3.63, 3.8) is 0 Å². The molecule has 1 saturated heterocycles. The minimum absolute atomic E-state index is 0.132. The van der Waals surface area contributed by atoms with Gasteiger partial charge in [0.25, 0.3) is 5.91 Å². The molecular formula is C18H28N2O3S. The van der Waals surface area contributed by atoms with Crippen LogP contribution in [0.15, 0.2) is 29.2 Å². The summed E-state index contributed by atoms with van der Waals surface area (Å²) >= 11 is 0. The lowest BCUT2D eigenvalue weighted by atomic mass is 10.0. The van der Waals surface area contributed by atoms with Crippen LogP contribution in [-0.4, -0.2) is 50.2 Å². The Labute approximate surface area is 145 Å². The largest absolute Gasteiger partial charge is 0.342 e. The summed E-state index contributed by atoms with van der Waals surface area (Å²) in [6.45, 7) is 5.93. The molecule has 1 aliphatic heterocycles. The van der Waals surface area contributed by atoms with Gasteiger partial charge in [-0.15, -0.1) is 0 Å². The van der Waals surface area contributed by atoms with E-state index >= 15 is 0 Å². The Morgan fingerprint density at radius 3 is 2.79 bits per heavy atom. The molecule has 1 aliphatic rings. The third kappa shape index (κ3) is 4.36. The van der Waals surface area contributed by atoms with Crippen LogP contribution in [0.4, 0.5) is 0 Å². The first-order chi connectivity index (χ1) is 11.4. The van der Waals surface area contributed by atoms with E-state index in [9.17, 15) is 13.2 Å². The van der Waals surface area contributed by atoms with Gasteiger partial charge >= 0.3 is 0 Å². The van der Waals surface area contributed by atoms with Gasteiger partial charge in [0, 0.05) is 32.2 Å². The van der Waals surface area contributed by atoms with E-state index in [1.807, 2.05) is 0 Å². The maximum atomic E-state index is 12.9. The highest BCUT2D eigenvalue weighted by Gasteiger charge is 2.29. The fourth-order valence-corrected chi connectivity index (χ4v) is 4.67. The van der Waals surface area contributed by atoms with E-state index in [-0.39, 0.29) is 10.8 Å². The Hall–Kier alpha value is -1.40. The number of unbranched alkanes of at least 4 members (excludes halogenated alkanes) is 1. The average molecular weight is 353 g/mol. The number of hydrogen-bond donors (Lipinski definition) is 0. The molecule has 1 heterocycles. The third-order valence-corrected chi connectivity index (χ3v) is 6.39. The molecule has 1 atom stereocenters. The van der Waals surface area contributed by atoms with Gasteiger partial charge in [-0.1, -0.05) is 26.3 Å². The molecule has 2 rings (SSSR count). The third-order valence-electron chi connectivity index (χ3n) is 4.53. The Morgan fingerprint density at radius 1 is 1.38 bits per heavy atom. The van der Waals surface area contributed by atoms with Gasteiger partial charge in [-0.3, -0.25) is 4.79 Å². The maximum absolute atomic E-state index is 12.9. The van der Waals surface area contributed by atoms with Crippen molar-refractivity contribution >= 4 is 15.9 Å². The molecule has 0 bridgehead atoms. The molecule has 0 N–H and O–H groups in total. The highest BCUT2D eigenvalue weighted by molar-refractivity contribution is 7.89. The Balaban J connectivity index is 2.21. The first kappa shape index (κ1) is 18.9. The van der Waals surface area contributed by atoms with Crippen molar-refractivity contribution in [1.29, 1.82) is 0 Å². The molecule has 0 aliphatic carbocycles. The summed E-state index contributed by atoms with van der Waals surface area (Å²) in [7, 11) is -1.78. The lowest BCUT2D eigenvalue weighted by Crippen LogP contribution is -2.39. The average Bonchev–Trinajstić information content (AvgIpc) is 2.59. The van der Waals surface area contributed by atoms with E-state index in [2.05, 4.69) is 13.8 Å². The van der Waals surface area contributed by atoms with E-state index in [4.69, 9.17) is 0 Å². The fraction of sp³-hybridized carbons (Fsp3) is 0.611. The first-order valence-electron chi connectivity index (χ1n) is 8.72. The lowest BCUT2D eigenvalue weighted by molar-refractivity contribution is 0.0793. The molecule has 5 nitrogen and oxygen atoms in total. The van der Waals surface area contributed by atoms with Gasteiger partial charge in [-0.05, 0) is 43.4 Å². The molecule has 6 heteroatoms. The number of hydrogen-bond acceptors (Lipinski definition) is 3. The van der Waals surface area contributed by atoms with Crippen LogP contribution in [0.3, 0.4) is 0 Å². The quantitative estimate of drug-likeness (QED) is 0.791. The van der Waals surface area contributed by atoms with Crippen molar-refractivity contribution in [1.82, 2.24) is 9.21 Å². The van der Waals surface area contributed by atoms with Crippen LogP contribution < -0.4 is 0 Å². The smallest absolute Gasteiger partial charge is 0.253 e. The molecule has 1 fully saturated rings. The van der Waals surface area contributed by atoms with Gasteiger partial charge in [0.2, 0.25) is 10.0 Å². The molecule has 24 heavy (non-hydrogen) atoms. The highest BCUT2D eigenvalue weighted by atomic mass is 32.2. The molecule has 1 aromatic carbocycles. The minimum Gasteiger partial charge on any atom is -0.342 e. The van der Waals surface area contributed by atoms with E-state index in [1.54, 1.807) is 34.5 Å². The second kappa shape index (κ2) is 8.12. The predicted octanol–water partition coefficient (Wildman–Crippen LogP) is 2.98. The number of carbonyl (C=O) groups is 1. The number of sulfonamides is 1. The molecule has 0 aromatic heterocycles. The fourth-order valence-electron chi connectivity index (χ4n) is 3.02. The first-order valence-corrected chi connectivity index (χ1v) is 10.2. The van der Waals surface area contributed by atoms with Crippen molar-refractivity contribution in [3.8, 4) is 0 Å². The number of benzene rings is 1. The monoisotopic (exact) mass is 352 g/mol. The number of rotatable bonds is 6. The molecule has 1 amide bonds. The summed E-state index contributed by atoms with van der Waals surface area (Å²) in [5.41, 5.74) is 0.430. The Kier molecular flexibility index (Phi) is 6.40. The zero-order valence-electron chi connectivity index (χ0n) is 14.9. The summed E-state index contributed by atoms with van der Waals surface area (Å²) < 4.78 is 27.2. The summed E-state index contributed by atoms with van der Waals surface area (Å²) in [5, 5.41) is 0. The summed E-state index contributed by atoms with van der Waals surface area (Å²) in [5.74, 6) is 0.242. The van der Waals surface area contributed by atoms with Crippen molar-refractivity contribution in [2.45, 2.75) is 44.4 Å². The van der Waals surface area contributed by atoms with Gasteiger partial charge in [0.05, 0.1) is 4.90 Å². The Bertz CT molecular complexity index is 673. The molecule has 0 radical (unpaired) electrons. The van der Waals surface area contributed by atoms with E-state index in [0.717, 1.165) is 25.7 Å². The zero-order valence-corrected chi connectivity index (χ0v) is 15.7. The maximum Gasteiger partial charge on any atom is 0.253 e.